The quantitative estimate of drug-likeness (QED) is 0.689. The summed E-state index contributed by atoms with van der Waals surface area (Å²) in [7, 11) is 0. The normalized spacial score (nSPS) is 38.8. The molecule has 1 saturated carbocycles. The van der Waals surface area contributed by atoms with E-state index in [0.717, 1.165) is 12.6 Å². The first-order valence-corrected chi connectivity index (χ1v) is 7.34. The summed E-state index contributed by atoms with van der Waals surface area (Å²) in [5.41, 5.74) is 3.31. The van der Waals surface area contributed by atoms with Crippen molar-refractivity contribution in [3.63, 3.8) is 0 Å². The van der Waals surface area contributed by atoms with Crippen molar-refractivity contribution < 1.29 is 4.74 Å². The Hall–Kier alpha value is -0.340. The van der Waals surface area contributed by atoms with E-state index in [2.05, 4.69) is 11.3 Å². The van der Waals surface area contributed by atoms with Crippen LogP contribution < -0.4 is 0 Å². The maximum absolute atomic E-state index is 6.17. The molecule has 4 aliphatic rings. The van der Waals surface area contributed by atoms with Crippen LogP contribution in [-0.4, -0.2) is 36.2 Å². The molecule has 17 heavy (non-hydrogen) atoms. The lowest BCUT2D eigenvalue weighted by Crippen LogP contribution is -2.41. The smallest absolute Gasteiger partial charge is 0.104 e. The highest BCUT2D eigenvalue weighted by molar-refractivity contribution is 5.57. The first kappa shape index (κ1) is 10.6. The molecular weight excluding hydrogens is 210 g/mol. The van der Waals surface area contributed by atoms with Crippen LogP contribution in [0.2, 0.25) is 0 Å². The van der Waals surface area contributed by atoms with Gasteiger partial charge < -0.3 is 4.74 Å². The molecule has 1 unspecified atom stereocenters. The molecule has 0 amide bonds. The second kappa shape index (κ2) is 3.83. The molecule has 2 heteroatoms. The summed E-state index contributed by atoms with van der Waals surface area (Å²) in [5, 5.41) is 0. The first-order chi connectivity index (χ1) is 8.37. The van der Waals surface area contributed by atoms with Crippen LogP contribution in [0, 0.1) is 6.42 Å². The van der Waals surface area contributed by atoms with Crippen LogP contribution in [0.4, 0.5) is 0 Å². The number of hydrogen-bond donors (Lipinski definition) is 0. The highest BCUT2D eigenvalue weighted by atomic mass is 16.5. The van der Waals surface area contributed by atoms with Gasteiger partial charge in [0.25, 0.3) is 0 Å². The highest BCUT2D eigenvalue weighted by Gasteiger charge is 2.51. The van der Waals surface area contributed by atoms with Gasteiger partial charge in [-0.2, -0.15) is 0 Å². The predicted molar refractivity (Wildman–Crippen MR) is 67.7 cm³/mol. The van der Waals surface area contributed by atoms with Crippen molar-refractivity contribution in [3.05, 3.63) is 17.6 Å². The van der Waals surface area contributed by atoms with E-state index in [1.165, 1.54) is 58.0 Å². The molecule has 2 aliphatic carbocycles. The highest BCUT2D eigenvalue weighted by Crippen LogP contribution is 2.50. The van der Waals surface area contributed by atoms with Gasteiger partial charge in [-0.3, -0.25) is 4.90 Å². The molecule has 93 valence electrons. The molecular formula is C15H22NO. The Bertz CT molecular complexity index is 356. The van der Waals surface area contributed by atoms with Crippen molar-refractivity contribution in [1.29, 1.82) is 0 Å². The molecule has 1 atom stereocenters. The first-order valence-electron chi connectivity index (χ1n) is 7.34. The van der Waals surface area contributed by atoms with E-state index in [4.69, 9.17) is 4.74 Å². The van der Waals surface area contributed by atoms with Gasteiger partial charge in [-0.25, -0.2) is 0 Å². The van der Waals surface area contributed by atoms with Gasteiger partial charge in [0.1, 0.15) is 5.60 Å². The minimum atomic E-state index is 0.130. The summed E-state index contributed by atoms with van der Waals surface area (Å²) in [4.78, 5) is 2.72. The Morgan fingerprint density at radius 3 is 3.00 bits per heavy atom. The topological polar surface area (TPSA) is 12.5 Å². The molecule has 2 aliphatic heterocycles. The van der Waals surface area contributed by atoms with Gasteiger partial charge >= 0.3 is 0 Å². The van der Waals surface area contributed by atoms with E-state index in [0.29, 0.717) is 0 Å². The van der Waals surface area contributed by atoms with Crippen LogP contribution in [0.5, 0.6) is 0 Å². The maximum atomic E-state index is 6.17. The fourth-order valence-electron chi connectivity index (χ4n) is 4.11. The van der Waals surface area contributed by atoms with Crippen molar-refractivity contribution >= 4 is 0 Å². The van der Waals surface area contributed by atoms with Crippen LogP contribution in [0.1, 0.15) is 44.9 Å². The zero-order chi connectivity index (χ0) is 11.3. The van der Waals surface area contributed by atoms with Gasteiger partial charge in [-0.15, -0.1) is 0 Å². The summed E-state index contributed by atoms with van der Waals surface area (Å²) in [5.74, 6) is 0. The van der Waals surface area contributed by atoms with E-state index in [1.807, 2.05) is 0 Å². The van der Waals surface area contributed by atoms with Gasteiger partial charge in [-0.1, -0.05) is 24.8 Å². The lowest BCUT2D eigenvalue weighted by molar-refractivity contribution is -0.0123. The zero-order valence-corrected chi connectivity index (χ0v) is 10.6. The van der Waals surface area contributed by atoms with Crippen LogP contribution >= 0.6 is 0 Å². The summed E-state index contributed by atoms with van der Waals surface area (Å²) in [6, 6.07) is 0.858. The number of ether oxygens (including phenoxy) is 1. The predicted octanol–water partition coefficient (Wildman–Crippen LogP) is 2.70. The monoisotopic (exact) mass is 232 g/mol. The van der Waals surface area contributed by atoms with Crippen molar-refractivity contribution in [3.8, 4) is 0 Å². The summed E-state index contributed by atoms with van der Waals surface area (Å²) in [6.07, 6.45) is 12.0. The van der Waals surface area contributed by atoms with Gasteiger partial charge in [0.05, 0.1) is 6.61 Å². The number of nitrogens with zero attached hydrogens (tertiary/aromatic N) is 1. The van der Waals surface area contributed by atoms with Crippen molar-refractivity contribution in [2.75, 3.05) is 19.7 Å². The van der Waals surface area contributed by atoms with Gasteiger partial charge in [0.2, 0.25) is 0 Å². The summed E-state index contributed by atoms with van der Waals surface area (Å²) < 4.78 is 6.17. The molecule has 2 nitrogen and oxygen atoms in total. The Labute approximate surface area is 104 Å². The minimum absolute atomic E-state index is 0.130. The van der Waals surface area contributed by atoms with E-state index in [9.17, 15) is 0 Å². The van der Waals surface area contributed by atoms with Crippen LogP contribution in [0.15, 0.2) is 11.1 Å². The molecule has 0 aromatic rings. The third-order valence-corrected chi connectivity index (χ3v) is 5.17. The summed E-state index contributed by atoms with van der Waals surface area (Å²) >= 11 is 0. The number of likely N-dealkylation sites (tertiary alicyclic amines) is 1. The minimum Gasteiger partial charge on any atom is -0.369 e. The fourth-order valence-corrected chi connectivity index (χ4v) is 4.11. The van der Waals surface area contributed by atoms with Crippen LogP contribution in [-0.2, 0) is 4.74 Å². The fraction of sp³-hybridized carbons (Fsp3) is 0.800. The average Bonchev–Trinajstić information content (AvgIpc) is 3.07. The third kappa shape index (κ3) is 1.68. The second-order valence-electron chi connectivity index (χ2n) is 6.19. The molecule has 1 radical (unpaired) electrons. The molecule has 0 N–H and O–H groups in total. The lowest BCUT2D eigenvalue weighted by atomic mass is 9.94. The van der Waals surface area contributed by atoms with E-state index in [-0.39, 0.29) is 5.60 Å². The molecule has 0 aromatic carbocycles. The Morgan fingerprint density at radius 2 is 2.12 bits per heavy atom. The molecule has 1 spiro atoms. The number of fused-ring (bicyclic) bond motifs is 1. The SMILES string of the molecule is [CH]1C2=C1C1(CCN(C3CCCCC3)C1)OCC2. The van der Waals surface area contributed by atoms with Crippen LogP contribution in [0.25, 0.3) is 0 Å². The maximum Gasteiger partial charge on any atom is 0.104 e. The van der Waals surface area contributed by atoms with E-state index in [1.54, 1.807) is 11.1 Å². The van der Waals surface area contributed by atoms with Crippen LogP contribution in [0.3, 0.4) is 0 Å². The average molecular weight is 232 g/mol. The van der Waals surface area contributed by atoms with E-state index >= 15 is 0 Å². The molecule has 0 bridgehead atoms. The van der Waals surface area contributed by atoms with Crippen molar-refractivity contribution in [2.45, 2.75) is 56.6 Å². The van der Waals surface area contributed by atoms with Gasteiger partial charge in [0, 0.05) is 25.6 Å². The molecule has 0 aromatic heterocycles. The standard InChI is InChI=1S/C15H22NO/c1-2-4-13(5-3-1)16-8-7-15(11-16)14-10-12(14)6-9-17-15/h10,13H,1-9,11H2. The Kier molecular flexibility index (Phi) is 2.38. The van der Waals surface area contributed by atoms with Crippen molar-refractivity contribution in [2.24, 2.45) is 0 Å². The molecule has 4 rings (SSSR count). The largest absolute Gasteiger partial charge is 0.369 e. The van der Waals surface area contributed by atoms with Gasteiger partial charge in [-0.05, 0) is 31.3 Å². The van der Waals surface area contributed by atoms with Crippen molar-refractivity contribution in [1.82, 2.24) is 4.90 Å². The number of hydrogen-bond acceptors (Lipinski definition) is 2. The summed E-state index contributed by atoms with van der Waals surface area (Å²) in [6.45, 7) is 3.39. The molecule has 2 fully saturated rings. The zero-order valence-electron chi connectivity index (χ0n) is 10.6. The Balaban J connectivity index is 1.48. The lowest BCUT2D eigenvalue weighted by Gasteiger charge is -2.34. The molecule has 2 heterocycles. The molecule has 1 saturated heterocycles. The van der Waals surface area contributed by atoms with Gasteiger partial charge in [0.15, 0.2) is 0 Å². The third-order valence-electron chi connectivity index (χ3n) is 5.17. The second-order valence-corrected chi connectivity index (χ2v) is 6.19. The number of rotatable bonds is 1. The Morgan fingerprint density at radius 1 is 1.24 bits per heavy atom. The van der Waals surface area contributed by atoms with E-state index < -0.39 is 0 Å².